The molecule has 48 heavy (non-hydrogen) atoms. The highest BCUT2D eigenvalue weighted by Crippen LogP contribution is 2.41. The van der Waals surface area contributed by atoms with E-state index in [1.807, 2.05) is 60.7 Å². The summed E-state index contributed by atoms with van der Waals surface area (Å²) in [6.45, 7) is 2.26. The van der Waals surface area contributed by atoms with Gasteiger partial charge in [0.25, 0.3) is 5.91 Å². The third-order valence-electron chi connectivity index (χ3n) is 7.87. The number of carbonyl (C=O) groups excluding carboxylic acids is 3. The maximum atomic E-state index is 14.1. The van der Waals surface area contributed by atoms with Crippen molar-refractivity contribution in [2.24, 2.45) is 0 Å². The fraction of sp³-hybridized carbons (Fsp3) is 0.162. The minimum atomic E-state index is -0.665. The SMILES string of the molecule is COC(=O)c1c(NC(=O)C(Sc2cccc(NC(=O)c3ccc(Cl)cc3Cl)c2)c2ccccc2)sc2c1CCN(Cc1ccccc1)C2. The Morgan fingerprint density at radius 1 is 0.917 bits per heavy atom. The quantitative estimate of drug-likeness (QED) is 0.111. The van der Waals surface area contributed by atoms with Crippen molar-refractivity contribution in [3.63, 3.8) is 0 Å². The molecule has 1 aromatic heterocycles. The van der Waals surface area contributed by atoms with Gasteiger partial charge in [0.1, 0.15) is 10.3 Å². The molecule has 2 N–H and O–H groups in total. The number of carbonyl (C=O) groups is 3. The van der Waals surface area contributed by atoms with E-state index in [0.717, 1.165) is 34.0 Å². The predicted molar refractivity (Wildman–Crippen MR) is 194 cm³/mol. The summed E-state index contributed by atoms with van der Waals surface area (Å²) in [5, 5.41) is 6.48. The van der Waals surface area contributed by atoms with E-state index < -0.39 is 11.2 Å². The van der Waals surface area contributed by atoms with Crippen molar-refractivity contribution in [1.29, 1.82) is 0 Å². The van der Waals surface area contributed by atoms with Crippen LogP contribution in [-0.2, 0) is 29.0 Å². The molecule has 0 aliphatic carbocycles. The molecule has 1 unspecified atom stereocenters. The van der Waals surface area contributed by atoms with Gasteiger partial charge in [-0.2, -0.15) is 0 Å². The van der Waals surface area contributed by atoms with E-state index in [1.165, 1.54) is 41.8 Å². The number of benzene rings is 4. The average molecular weight is 717 g/mol. The van der Waals surface area contributed by atoms with Gasteiger partial charge in [0, 0.05) is 40.1 Å². The Kier molecular flexibility index (Phi) is 10.8. The second-order valence-electron chi connectivity index (χ2n) is 11.1. The minimum absolute atomic E-state index is 0.247. The van der Waals surface area contributed by atoms with Crippen molar-refractivity contribution < 1.29 is 19.1 Å². The van der Waals surface area contributed by atoms with Crippen LogP contribution in [0.25, 0.3) is 0 Å². The fourth-order valence-electron chi connectivity index (χ4n) is 5.57. The zero-order valence-corrected chi connectivity index (χ0v) is 29.0. The third-order valence-corrected chi connectivity index (χ3v) is 10.8. The molecule has 6 rings (SSSR count). The molecule has 0 saturated carbocycles. The van der Waals surface area contributed by atoms with E-state index in [0.29, 0.717) is 39.8 Å². The largest absolute Gasteiger partial charge is 0.465 e. The standard InChI is InChI=1S/C37H31Cl2N3O4S2/c1-46-37(45)32-29-17-18-42(21-23-9-4-2-5-10-23)22-31(29)48-36(32)41-35(44)33(24-11-6-3-7-12-24)47-27-14-8-13-26(20-27)40-34(43)28-16-15-25(38)19-30(28)39/h2-16,19-20,33H,17-18,21-22H2,1H3,(H,40,43)(H,41,44). The van der Waals surface area contributed by atoms with Crippen LogP contribution in [0.15, 0.2) is 108 Å². The van der Waals surface area contributed by atoms with Crippen LogP contribution in [0.5, 0.6) is 0 Å². The lowest BCUT2D eigenvalue weighted by atomic mass is 10.0. The predicted octanol–water partition coefficient (Wildman–Crippen LogP) is 9.12. The molecule has 0 fully saturated rings. The van der Waals surface area contributed by atoms with Crippen LogP contribution in [0.2, 0.25) is 10.0 Å². The molecule has 2 heterocycles. The topological polar surface area (TPSA) is 87.7 Å². The minimum Gasteiger partial charge on any atom is -0.465 e. The first-order chi connectivity index (χ1) is 23.3. The number of hydrogen-bond donors (Lipinski definition) is 2. The van der Waals surface area contributed by atoms with Crippen LogP contribution in [0, 0.1) is 0 Å². The molecule has 5 aromatic rings. The Morgan fingerprint density at radius 2 is 1.67 bits per heavy atom. The van der Waals surface area contributed by atoms with Gasteiger partial charge in [-0.15, -0.1) is 23.1 Å². The van der Waals surface area contributed by atoms with E-state index in [2.05, 4.69) is 27.7 Å². The van der Waals surface area contributed by atoms with Gasteiger partial charge in [-0.1, -0.05) is 89.9 Å². The molecule has 7 nitrogen and oxygen atoms in total. The number of thioether (sulfide) groups is 1. The lowest BCUT2D eigenvalue weighted by Crippen LogP contribution is -2.29. The van der Waals surface area contributed by atoms with Gasteiger partial charge in [0.2, 0.25) is 5.91 Å². The number of fused-ring (bicyclic) bond motifs is 1. The van der Waals surface area contributed by atoms with Crippen molar-refractivity contribution in [2.75, 3.05) is 24.3 Å². The summed E-state index contributed by atoms with van der Waals surface area (Å²) in [6, 6.07) is 31.7. The van der Waals surface area contributed by atoms with Gasteiger partial charge in [0.15, 0.2) is 0 Å². The van der Waals surface area contributed by atoms with Crippen molar-refractivity contribution >= 4 is 74.8 Å². The normalized spacial score (nSPS) is 13.3. The van der Waals surface area contributed by atoms with Crippen LogP contribution in [0.4, 0.5) is 10.7 Å². The number of rotatable bonds is 10. The van der Waals surface area contributed by atoms with Crippen LogP contribution < -0.4 is 10.6 Å². The highest BCUT2D eigenvalue weighted by molar-refractivity contribution is 8.00. The summed E-state index contributed by atoms with van der Waals surface area (Å²) >= 11 is 15.0. The number of anilines is 2. The molecule has 4 aromatic carbocycles. The van der Waals surface area contributed by atoms with Gasteiger partial charge in [-0.05, 0) is 59.5 Å². The average Bonchev–Trinajstić information content (AvgIpc) is 3.44. The van der Waals surface area contributed by atoms with Gasteiger partial charge in [-0.25, -0.2) is 4.79 Å². The van der Waals surface area contributed by atoms with E-state index in [-0.39, 0.29) is 16.8 Å². The van der Waals surface area contributed by atoms with Crippen LogP contribution in [-0.4, -0.2) is 36.3 Å². The number of amides is 2. The Bertz CT molecular complexity index is 1950. The molecule has 11 heteroatoms. The maximum Gasteiger partial charge on any atom is 0.341 e. The molecule has 0 spiro atoms. The molecule has 0 saturated heterocycles. The number of methoxy groups -OCH3 is 1. The second kappa shape index (κ2) is 15.4. The van der Waals surface area contributed by atoms with Crippen molar-refractivity contribution in [3.05, 3.63) is 146 Å². The van der Waals surface area contributed by atoms with Gasteiger partial charge < -0.3 is 15.4 Å². The van der Waals surface area contributed by atoms with Crippen molar-refractivity contribution in [2.45, 2.75) is 29.7 Å². The number of esters is 1. The summed E-state index contributed by atoms with van der Waals surface area (Å²) < 4.78 is 5.18. The lowest BCUT2D eigenvalue weighted by Gasteiger charge is -2.27. The molecular weight excluding hydrogens is 685 g/mol. The fourth-order valence-corrected chi connectivity index (χ4v) is 8.43. The summed E-state index contributed by atoms with van der Waals surface area (Å²) in [5.74, 6) is -1.12. The van der Waals surface area contributed by atoms with Gasteiger partial charge in [-0.3, -0.25) is 14.5 Å². The number of ether oxygens (including phenoxy) is 1. The van der Waals surface area contributed by atoms with Crippen molar-refractivity contribution in [3.8, 4) is 0 Å². The molecule has 2 amide bonds. The Morgan fingerprint density at radius 3 is 2.40 bits per heavy atom. The number of halogens is 2. The van der Waals surface area contributed by atoms with Crippen LogP contribution in [0.1, 0.15) is 47.5 Å². The number of nitrogens with zero attached hydrogens (tertiary/aromatic N) is 1. The first-order valence-corrected chi connectivity index (χ1v) is 17.6. The molecule has 1 aliphatic rings. The summed E-state index contributed by atoms with van der Waals surface area (Å²) in [6.07, 6.45) is 0.676. The van der Waals surface area contributed by atoms with E-state index >= 15 is 0 Å². The number of nitrogens with one attached hydrogen (secondary N) is 2. The molecule has 0 bridgehead atoms. The van der Waals surface area contributed by atoms with Crippen LogP contribution >= 0.6 is 46.3 Å². The Hall–Kier alpha value is -4.12. The highest BCUT2D eigenvalue weighted by atomic mass is 35.5. The molecule has 0 radical (unpaired) electrons. The smallest absolute Gasteiger partial charge is 0.341 e. The molecule has 1 atom stereocenters. The third kappa shape index (κ3) is 7.94. The highest BCUT2D eigenvalue weighted by Gasteiger charge is 2.31. The Labute approximate surface area is 297 Å². The Balaban J connectivity index is 1.23. The lowest BCUT2D eigenvalue weighted by molar-refractivity contribution is -0.115. The zero-order valence-electron chi connectivity index (χ0n) is 25.9. The van der Waals surface area contributed by atoms with Gasteiger partial charge in [0.05, 0.1) is 23.3 Å². The first-order valence-electron chi connectivity index (χ1n) is 15.2. The molecular formula is C37H31Cl2N3O4S2. The maximum absolute atomic E-state index is 14.1. The monoisotopic (exact) mass is 715 g/mol. The van der Waals surface area contributed by atoms with Crippen molar-refractivity contribution in [1.82, 2.24) is 4.90 Å². The van der Waals surface area contributed by atoms with E-state index in [9.17, 15) is 14.4 Å². The first kappa shape index (κ1) is 33.8. The van der Waals surface area contributed by atoms with Crippen LogP contribution in [0.3, 0.4) is 0 Å². The summed E-state index contributed by atoms with van der Waals surface area (Å²) in [7, 11) is 1.36. The summed E-state index contributed by atoms with van der Waals surface area (Å²) in [5.41, 5.74) is 4.20. The molecule has 244 valence electrons. The van der Waals surface area contributed by atoms with Gasteiger partial charge >= 0.3 is 5.97 Å². The number of thiophene rings is 1. The van der Waals surface area contributed by atoms with E-state index in [1.54, 1.807) is 24.3 Å². The number of hydrogen-bond acceptors (Lipinski definition) is 7. The second-order valence-corrected chi connectivity index (χ2v) is 14.3. The van der Waals surface area contributed by atoms with E-state index in [4.69, 9.17) is 27.9 Å². The zero-order chi connectivity index (χ0) is 33.6. The summed E-state index contributed by atoms with van der Waals surface area (Å²) in [4.78, 5) is 44.3. The molecule has 1 aliphatic heterocycles.